The van der Waals surface area contributed by atoms with Crippen LogP contribution in [-0.2, 0) is 0 Å². The second-order valence-corrected chi connectivity index (χ2v) is 5.79. The lowest BCUT2D eigenvalue weighted by atomic mass is 10.1. The van der Waals surface area contributed by atoms with Gasteiger partial charge in [-0.15, -0.1) is 0 Å². The number of rotatable bonds is 4. The van der Waals surface area contributed by atoms with Crippen LogP contribution in [0.25, 0.3) is 11.3 Å². The number of hydrogen-bond donors (Lipinski definition) is 2. The number of anilines is 1. The molecule has 1 aromatic heterocycles. The molecule has 7 heteroatoms. The highest BCUT2D eigenvalue weighted by atomic mass is 35.5. The van der Waals surface area contributed by atoms with Gasteiger partial charge in [-0.3, -0.25) is 9.89 Å². The fourth-order valence-corrected chi connectivity index (χ4v) is 2.88. The number of aromatic nitrogens is 2. The number of ether oxygens (including phenoxy) is 1. The first-order valence-electron chi connectivity index (χ1n) is 7.02. The molecule has 5 nitrogen and oxygen atoms in total. The van der Waals surface area contributed by atoms with Gasteiger partial charge in [0.2, 0.25) is 0 Å². The third-order valence-corrected chi connectivity index (χ3v) is 3.98. The summed E-state index contributed by atoms with van der Waals surface area (Å²) < 4.78 is 5.07. The predicted octanol–water partition coefficient (Wildman–Crippen LogP) is 4.64. The summed E-state index contributed by atoms with van der Waals surface area (Å²) in [6, 6.07) is 12.3. The predicted molar refractivity (Wildman–Crippen MR) is 95.0 cm³/mol. The molecule has 3 rings (SSSR count). The van der Waals surface area contributed by atoms with Crippen molar-refractivity contribution >= 4 is 34.8 Å². The van der Waals surface area contributed by atoms with Crippen LogP contribution in [0.2, 0.25) is 10.0 Å². The Morgan fingerprint density at radius 2 is 1.79 bits per heavy atom. The smallest absolute Gasteiger partial charge is 0.255 e. The minimum absolute atomic E-state index is 0.282. The molecular weight excluding hydrogens is 349 g/mol. The minimum atomic E-state index is -0.309. The van der Waals surface area contributed by atoms with E-state index in [1.165, 1.54) is 19.2 Å². The molecule has 0 saturated heterocycles. The van der Waals surface area contributed by atoms with E-state index in [-0.39, 0.29) is 16.0 Å². The number of methoxy groups -OCH3 is 1. The molecule has 1 amide bonds. The van der Waals surface area contributed by atoms with Gasteiger partial charge in [0.05, 0.1) is 22.8 Å². The Kier molecular flexibility index (Phi) is 4.74. The van der Waals surface area contributed by atoms with Crippen LogP contribution >= 0.6 is 23.2 Å². The van der Waals surface area contributed by atoms with E-state index in [9.17, 15) is 4.79 Å². The topological polar surface area (TPSA) is 67.0 Å². The number of H-pyrrole nitrogens is 1. The average molecular weight is 362 g/mol. The second kappa shape index (κ2) is 6.95. The van der Waals surface area contributed by atoms with Crippen LogP contribution in [-0.4, -0.2) is 23.2 Å². The monoisotopic (exact) mass is 361 g/mol. The lowest BCUT2D eigenvalue weighted by molar-refractivity contribution is 0.102. The summed E-state index contributed by atoms with van der Waals surface area (Å²) in [7, 11) is 1.47. The van der Waals surface area contributed by atoms with Crippen LogP contribution < -0.4 is 10.1 Å². The van der Waals surface area contributed by atoms with Gasteiger partial charge in [0.25, 0.3) is 5.91 Å². The number of aromatic amines is 1. The fourth-order valence-electron chi connectivity index (χ4n) is 2.24. The van der Waals surface area contributed by atoms with Crippen LogP contribution in [0.15, 0.2) is 48.7 Å². The minimum Gasteiger partial charge on any atom is -0.494 e. The summed E-state index contributed by atoms with van der Waals surface area (Å²) in [4.78, 5) is 12.3. The molecule has 1 heterocycles. The summed E-state index contributed by atoms with van der Waals surface area (Å²) in [6.45, 7) is 0. The number of amides is 1. The zero-order valence-corrected chi connectivity index (χ0v) is 14.2. The third kappa shape index (κ3) is 3.37. The fraction of sp³-hybridized carbons (Fsp3) is 0.0588. The van der Waals surface area contributed by atoms with Crippen molar-refractivity contribution in [3.05, 3.63) is 64.3 Å². The summed E-state index contributed by atoms with van der Waals surface area (Å²) in [5, 5.41) is 10.2. The summed E-state index contributed by atoms with van der Waals surface area (Å²) in [5.41, 5.74) is 2.89. The van der Waals surface area contributed by atoms with Crippen molar-refractivity contribution in [2.75, 3.05) is 12.4 Å². The van der Waals surface area contributed by atoms with Crippen molar-refractivity contribution in [3.63, 3.8) is 0 Å². The van der Waals surface area contributed by atoms with Gasteiger partial charge < -0.3 is 10.1 Å². The maximum Gasteiger partial charge on any atom is 0.255 e. The normalized spacial score (nSPS) is 10.5. The molecule has 2 aromatic carbocycles. The van der Waals surface area contributed by atoms with Crippen LogP contribution in [0.1, 0.15) is 10.4 Å². The molecule has 0 aliphatic carbocycles. The van der Waals surface area contributed by atoms with Crippen molar-refractivity contribution in [1.29, 1.82) is 0 Å². The van der Waals surface area contributed by atoms with Crippen molar-refractivity contribution in [2.45, 2.75) is 0 Å². The molecule has 24 heavy (non-hydrogen) atoms. The SMILES string of the molecule is COc1c(Cl)cc(C(=O)Nc2ccc(-c3ccn[nH]3)cc2)cc1Cl. The quantitative estimate of drug-likeness (QED) is 0.710. The molecule has 0 fully saturated rings. The maximum absolute atomic E-state index is 12.3. The molecule has 0 radical (unpaired) electrons. The van der Waals surface area contributed by atoms with E-state index in [4.69, 9.17) is 27.9 Å². The second-order valence-electron chi connectivity index (χ2n) is 4.97. The Hall–Kier alpha value is -2.50. The van der Waals surface area contributed by atoms with E-state index < -0.39 is 0 Å². The van der Waals surface area contributed by atoms with E-state index in [0.29, 0.717) is 17.0 Å². The zero-order valence-electron chi connectivity index (χ0n) is 12.6. The maximum atomic E-state index is 12.3. The van der Waals surface area contributed by atoms with Gasteiger partial charge in [-0.1, -0.05) is 35.3 Å². The molecule has 0 aliphatic heterocycles. The molecule has 0 aliphatic rings. The number of carbonyl (C=O) groups is 1. The molecule has 0 bridgehead atoms. The van der Waals surface area contributed by atoms with Crippen molar-refractivity contribution in [1.82, 2.24) is 10.2 Å². The number of nitrogens with one attached hydrogen (secondary N) is 2. The molecule has 0 saturated carbocycles. The Bertz CT molecular complexity index is 839. The van der Waals surface area contributed by atoms with Crippen molar-refractivity contribution < 1.29 is 9.53 Å². The molecule has 0 spiro atoms. The first-order valence-corrected chi connectivity index (χ1v) is 7.78. The van der Waals surface area contributed by atoms with Gasteiger partial charge >= 0.3 is 0 Å². The van der Waals surface area contributed by atoms with Crippen LogP contribution in [0, 0.1) is 0 Å². The average Bonchev–Trinajstić information content (AvgIpc) is 3.09. The lowest BCUT2D eigenvalue weighted by Gasteiger charge is -2.10. The van der Waals surface area contributed by atoms with Crippen LogP contribution in [0.3, 0.4) is 0 Å². The number of halogens is 2. The highest BCUT2D eigenvalue weighted by Gasteiger charge is 2.13. The first kappa shape index (κ1) is 16.4. The van der Waals surface area contributed by atoms with E-state index in [2.05, 4.69) is 15.5 Å². The van der Waals surface area contributed by atoms with Gasteiger partial charge in [-0.25, -0.2) is 0 Å². The Balaban J connectivity index is 1.77. The van der Waals surface area contributed by atoms with Crippen LogP contribution in [0.4, 0.5) is 5.69 Å². The Labute approximate surface area is 148 Å². The van der Waals surface area contributed by atoms with E-state index in [1.54, 1.807) is 18.3 Å². The van der Waals surface area contributed by atoms with Crippen molar-refractivity contribution in [2.24, 2.45) is 0 Å². The first-order chi connectivity index (χ1) is 11.6. The number of carbonyl (C=O) groups excluding carboxylic acids is 1. The van der Waals surface area contributed by atoms with Gasteiger partial charge in [0.1, 0.15) is 0 Å². The van der Waals surface area contributed by atoms with E-state index in [1.807, 2.05) is 18.2 Å². The Morgan fingerprint density at radius 1 is 1.12 bits per heavy atom. The third-order valence-electron chi connectivity index (χ3n) is 3.42. The van der Waals surface area contributed by atoms with Crippen LogP contribution in [0.5, 0.6) is 5.75 Å². The molecule has 0 atom stereocenters. The largest absolute Gasteiger partial charge is 0.494 e. The molecule has 3 aromatic rings. The molecule has 122 valence electrons. The number of hydrogen-bond acceptors (Lipinski definition) is 3. The standard InChI is InChI=1S/C17H13Cl2N3O2/c1-24-16-13(18)8-11(9-14(16)19)17(23)21-12-4-2-10(3-5-12)15-6-7-20-22-15/h2-9H,1H3,(H,20,22)(H,21,23). The van der Waals surface area contributed by atoms with Gasteiger partial charge in [-0.05, 0) is 35.9 Å². The highest BCUT2D eigenvalue weighted by molar-refractivity contribution is 6.37. The molecular formula is C17H13Cl2N3O2. The van der Waals surface area contributed by atoms with E-state index in [0.717, 1.165) is 11.3 Å². The molecule has 0 unspecified atom stereocenters. The van der Waals surface area contributed by atoms with Gasteiger partial charge in [0.15, 0.2) is 5.75 Å². The van der Waals surface area contributed by atoms with E-state index >= 15 is 0 Å². The summed E-state index contributed by atoms with van der Waals surface area (Å²) in [5.74, 6) is 0.0366. The molecule has 2 N–H and O–H groups in total. The lowest BCUT2D eigenvalue weighted by Crippen LogP contribution is -2.12. The highest BCUT2D eigenvalue weighted by Crippen LogP contribution is 2.34. The zero-order chi connectivity index (χ0) is 17.1. The summed E-state index contributed by atoms with van der Waals surface area (Å²) in [6.07, 6.45) is 1.68. The van der Waals surface area contributed by atoms with Gasteiger partial charge in [-0.2, -0.15) is 5.10 Å². The summed E-state index contributed by atoms with van der Waals surface area (Å²) >= 11 is 12.1. The number of benzene rings is 2. The van der Waals surface area contributed by atoms with Crippen molar-refractivity contribution in [3.8, 4) is 17.0 Å². The van der Waals surface area contributed by atoms with Gasteiger partial charge in [0, 0.05) is 17.4 Å². The number of nitrogens with zero attached hydrogens (tertiary/aromatic N) is 1. The Morgan fingerprint density at radius 3 is 2.33 bits per heavy atom.